The molecule has 5 rings (SSSR count). The fourth-order valence-electron chi connectivity index (χ4n) is 4.71. The number of methoxy groups -OCH3 is 1. The van der Waals surface area contributed by atoms with Gasteiger partial charge in [0.15, 0.2) is 11.6 Å². The van der Waals surface area contributed by atoms with Gasteiger partial charge in [-0.25, -0.2) is 18.7 Å². The average molecular weight is 495 g/mol. The largest absolute Gasteiger partial charge is 0.496 e. The van der Waals surface area contributed by atoms with Gasteiger partial charge in [-0.15, -0.1) is 0 Å². The van der Waals surface area contributed by atoms with Gasteiger partial charge in [-0.2, -0.15) is 5.10 Å². The number of anilines is 2. The SMILES string of the molecule is COc1cccc(F)c1-c1nccc(C(=O)Nc2cc(F)c3c(cnn3C)c2N2CCCC2CO)n1. The molecule has 1 unspecified atom stereocenters. The minimum atomic E-state index is -0.627. The highest BCUT2D eigenvalue weighted by molar-refractivity contribution is 6.09. The number of ether oxygens (including phenoxy) is 1. The minimum absolute atomic E-state index is 0.0217. The van der Waals surface area contributed by atoms with E-state index in [-0.39, 0.29) is 41.2 Å². The number of aliphatic hydroxyl groups excluding tert-OH is 1. The van der Waals surface area contributed by atoms with Gasteiger partial charge in [-0.05, 0) is 31.0 Å². The number of nitrogens with one attached hydrogen (secondary N) is 1. The Bertz CT molecular complexity index is 1460. The van der Waals surface area contributed by atoms with Crippen LogP contribution in [0, 0.1) is 11.6 Å². The number of halogens is 2. The topological polar surface area (TPSA) is 105 Å². The predicted molar refractivity (Wildman–Crippen MR) is 130 cm³/mol. The van der Waals surface area contributed by atoms with Crippen molar-refractivity contribution in [2.75, 3.05) is 30.5 Å². The van der Waals surface area contributed by atoms with Gasteiger partial charge in [-0.3, -0.25) is 9.48 Å². The van der Waals surface area contributed by atoms with Gasteiger partial charge in [0.1, 0.15) is 22.8 Å². The van der Waals surface area contributed by atoms with Crippen LogP contribution in [0.5, 0.6) is 5.75 Å². The van der Waals surface area contributed by atoms with Crippen molar-refractivity contribution in [3.63, 3.8) is 0 Å². The maximum absolute atomic E-state index is 15.1. The Labute approximate surface area is 205 Å². The van der Waals surface area contributed by atoms with E-state index >= 15 is 4.39 Å². The molecule has 9 nitrogen and oxygen atoms in total. The molecule has 36 heavy (non-hydrogen) atoms. The second-order valence-corrected chi connectivity index (χ2v) is 8.49. The molecule has 0 radical (unpaired) electrons. The van der Waals surface area contributed by atoms with Crippen molar-refractivity contribution in [2.45, 2.75) is 18.9 Å². The number of fused-ring (bicyclic) bond motifs is 1. The van der Waals surface area contributed by atoms with Crippen LogP contribution in [0.1, 0.15) is 23.3 Å². The molecule has 0 bridgehead atoms. The van der Waals surface area contributed by atoms with Crippen LogP contribution in [0.4, 0.5) is 20.2 Å². The van der Waals surface area contributed by atoms with Crippen LogP contribution in [0.3, 0.4) is 0 Å². The number of carbonyl (C=O) groups excluding carboxylic acids is 1. The van der Waals surface area contributed by atoms with Crippen molar-refractivity contribution in [3.8, 4) is 17.1 Å². The normalized spacial score (nSPS) is 15.5. The van der Waals surface area contributed by atoms with Gasteiger partial charge >= 0.3 is 0 Å². The van der Waals surface area contributed by atoms with Crippen LogP contribution in [0.2, 0.25) is 0 Å². The lowest BCUT2D eigenvalue weighted by molar-refractivity contribution is 0.102. The molecule has 3 heterocycles. The van der Waals surface area contributed by atoms with Crippen LogP contribution in [-0.4, -0.2) is 57.1 Å². The van der Waals surface area contributed by atoms with E-state index in [1.807, 2.05) is 4.90 Å². The second kappa shape index (κ2) is 9.50. The summed E-state index contributed by atoms with van der Waals surface area (Å²) in [5.74, 6) is -1.57. The van der Waals surface area contributed by atoms with E-state index in [0.717, 1.165) is 12.8 Å². The lowest BCUT2D eigenvalue weighted by atomic mass is 10.1. The van der Waals surface area contributed by atoms with Crippen molar-refractivity contribution in [1.82, 2.24) is 19.7 Å². The molecule has 1 amide bonds. The highest BCUT2D eigenvalue weighted by Gasteiger charge is 2.30. The number of nitrogens with zero attached hydrogens (tertiary/aromatic N) is 5. The first-order valence-electron chi connectivity index (χ1n) is 11.4. The number of hydrogen-bond donors (Lipinski definition) is 2. The molecule has 1 aliphatic rings. The molecule has 1 fully saturated rings. The highest BCUT2D eigenvalue weighted by atomic mass is 19.1. The van der Waals surface area contributed by atoms with Crippen molar-refractivity contribution in [2.24, 2.45) is 7.05 Å². The first-order valence-corrected chi connectivity index (χ1v) is 11.4. The fourth-order valence-corrected chi connectivity index (χ4v) is 4.71. The first-order chi connectivity index (χ1) is 17.4. The van der Waals surface area contributed by atoms with Gasteiger partial charge in [0.2, 0.25) is 0 Å². The molecule has 0 aliphatic carbocycles. The summed E-state index contributed by atoms with van der Waals surface area (Å²) < 4.78 is 36.3. The zero-order valence-corrected chi connectivity index (χ0v) is 19.7. The monoisotopic (exact) mass is 494 g/mol. The summed E-state index contributed by atoms with van der Waals surface area (Å²) >= 11 is 0. The second-order valence-electron chi connectivity index (χ2n) is 8.49. The van der Waals surface area contributed by atoms with Crippen LogP contribution in [-0.2, 0) is 7.05 Å². The number of rotatable bonds is 6. The lowest BCUT2D eigenvalue weighted by Crippen LogP contribution is -2.33. The smallest absolute Gasteiger partial charge is 0.274 e. The third-order valence-corrected chi connectivity index (χ3v) is 6.38. The van der Waals surface area contributed by atoms with E-state index in [2.05, 4.69) is 20.4 Å². The zero-order valence-electron chi connectivity index (χ0n) is 19.7. The van der Waals surface area contributed by atoms with Crippen molar-refractivity contribution in [1.29, 1.82) is 0 Å². The number of aliphatic hydroxyl groups is 1. The van der Waals surface area contributed by atoms with Crippen molar-refractivity contribution >= 4 is 28.2 Å². The molecule has 2 aromatic carbocycles. The molecule has 2 aromatic heterocycles. The Kier molecular flexibility index (Phi) is 6.23. The Balaban J connectivity index is 1.56. The molecule has 1 saturated heterocycles. The molecular formula is C25H24F2N6O3. The number of benzene rings is 2. The van der Waals surface area contributed by atoms with Gasteiger partial charge in [0, 0.05) is 31.2 Å². The first kappa shape index (κ1) is 23.6. The molecule has 0 spiro atoms. The Morgan fingerprint density at radius 1 is 1.28 bits per heavy atom. The Morgan fingerprint density at radius 3 is 2.89 bits per heavy atom. The highest BCUT2D eigenvalue weighted by Crippen LogP contribution is 2.40. The third kappa shape index (κ3) is 4.01. The quantitative estimate of drug-likeness (QED) is 0.423. The Hall–Kier alpha value is -4.12. The molecule has 1 atom stereocenters. The fraction of sp³-hybridized carbons (Fsp3) is 0.280. The van der Waals surface area contributed by atoms with Crippen LogP contribution >= 0.6 is 0 Å². The van der Waals surface area contributed by atoms with Crippen molar-refractivity contribution < 1.29 is 23.4 Å². The molecule has 2 N–H and O–H groups in total. The van der Waals surface area contributed by atoms with E-state index in [0.29, 0.717) is 23.1 Å². The standard InChI is InChI=1S/C25H24F2N6O3/c1-32-22-15(12-29-32)23(33-10-4-5-14(33)13-34)19(11-17(22)27)31-25(35)18-8-9-28-24(30-18)21-16(26)6-3-7-20(21)36-2/h3,6-9,11-12,14,34H,4-5,10,13H2,1-2H3,(H,31,35). The number of amides is 1. The summed E-state index contributed by atoms with van der Waals surface area (Å²) in [5, 5.41) is 17.4. The summed E-state index contributed by atoms with van der Waals surface area (Å²) in [5.41, 5.74) is 1.09. The molecule has 0 saturated carbocycles. The van der Waals surface area contributed by atoms with Crippen LogP contribution in [0.25, 0.3) is 22.3 Å². The molecule has 4 aromatic rings. The van der Waals surface area contributed by atoms with E-state index in [1.165, 1.54) is 42.3 Å². The Morgan fingerprint density at radius 2 is 2.11 bits per heavy atom. The number of hydrogen-bond acceptors (Lipinski definition) is 7. The van der Waals surface area contributed by atoms with Gasteiger partial charge < -0.3 is 20.1 Å². The summed E-state index contributed by atoms with van der Waals surface area (Å²) in [7, 11) is 3.04. The molecule has 11 heteroatoms. The molecule has 186 valence electrons. The maximum Gasteiger partial charge on any atom is 0.274 e. The van der Waals surface area contributed by atoms with Crippen LogP contribution < -0.4 is 15.0 Å². The van der Waals surface area contributed by atoms with E-state index < -0.39 is 17.5 Å². The van der Waals surface area contributed by atoms with E-state index in [1.54, 1.807) is 19.3 Å². The molecule has 1 aliphatic heterocycles. The van der Waals surface area contributed by atoms with Gasteiger partial charge in [-0.1, -0.05) is 6.07 Å². The summed E-state index contributed by atoms with van der Waals surface area (Å²) in [6.45, 7) is 0.556. The van der Waals surface area contributed by atoms with Gasteiger partial charge in [0.05, 0.1) is 42.9 Å². The minimum Gasteiger partial charge on any atom is -0.496 e. The number of aromatic nitrogens is 4. The van der Waals surface area contributed by atoms with Gasteiger partial charge in [0.25, 0.3) is 5.91 Å². The van der Waals surface area contributed by atoms with Crippen molar-refractivity contribution in [3.05, 3.63) is 60.1 Å². The summed E-state index contributed by atoms with van der Waals surface area (Å²) in [6, 6.07) is 6.77. The summed E-state index contributed by atoms with van der Waals surface area (Å²) in [4.78, 5) is 23.6. The average Bonchev–Trinajstić information content (AvgIpc) is 3.51. The predicted octanol–water partition coefficient (Wildman–Crippen LogP) is 3.53. The zero-order chi connectivity index (χ0) is 25.4. The summed E-state index contributed by atoms with van der Waals surface area (Å²) in [6.07, 6.45) is 4.50. The number of carbonyl (C=O) groups is 1. The third-order valence-electron chi connectivity index (χ3n) is 6.38. The number of aryl methyl sites for hydroxylation is 1. The van der Waals surface area contributed by atoms with Crippen LogP contribution in [0.15, 0.2) is 42.7 Å². The van der Waals surface area contributed by atoms with E-state index in [9.17, 15) is 14.3 Å². The maximum atomic E-state index is 15.1. The molecular weight excluding hydrogens is 470 g/mol. The van der Waals surface area contributed by atoms with E-state index in [4.69, 9.17) is 4.74 Å². The lowest BCUT2D eigenvalue weighted by Gasteiger charge is -2.28.